The van der Waals surface area contributed by atoms with Gasteiger partial charge in [-0.05, 0) is 80.4 Å². The highest BCUT2D eigenvalue weighted by Crippen LogP contribution is 2.49. The SMILES string of the molecule is c1ccc(-c2cccc(-c3ccc4c(c3)-c3cccc5c(-c6nc(-c7ccccc7)nc(-c7ccc8ccccc8c7)n6)ccc(c35)O4)c2)cc1. The average molecular weight is 652 g/mol. The second-order valence-corrected chi connectivity index (χ2v) is 12.8. The van der Waals surface area contributed by atoms with Crippen LogP contribution in [-0.4, -0.2) is 15.0 Å². The van der Waals surface area contributed by atoms with Gasteiger partial charge in [0, 0.05) is 27.6 Å². The molecule has 4 heteroatoms. The number of benzene rings is 8. The van der Waals surface area contributed by atoms with Crippen LogP contribution in [0.15, 0.2) is 176 Å². The Morgan fingerprint density at radius 1 is 0.314 bits per heavy atom. The molecule has 51 heavy (non-hydrogen) atoms. The van der Waals surface area contributed by atoms with E-state index in [1.54, 1.807) is 0 Å². The zero-order chi connectivity index (χ0) is 33.7. The van der Waals surface area contributed by atoms with Crippen LogP contribution < -0.4 is 4.74 Å². The summed E-state index contributed by atoms with van der Waals surface area (Å²) in [6, 6.07) is 61.1. The average Bonchev–Trinajstić information content (AvgIpc) is 3.21. The van der Waals surface area contributed by atoms with Gasteiger partial charge in [0.15, 0.2) is 17.5 Å². The van der Waals surface area contributed by atoms with Crippen molar-refractivity contribution in [3.05, 3.63) is 176 Å². The molecule has 0 atom stereocenters. The number of hydrogen-bond donors (Lipinski definition) is 0. The molecule has 1 aromatic heterocycles. The summed E-state index contributed by atoms with van der Waals surface area (Å²) in [5, 5.41) is 4.39. The summed E-state index contributed by atoms with van der Waals surface area (Å²) in [6.45, 7) is 0. The van der Waals surface area contributed by atoms with Gasteiger partial charge in [0.2, 0.25) is 0 Å². The van der Waals surface area contributed by atoms with Crippen LogP contribution in [0.2, 0.25) is 0 Å². The molecule has 0 spiro atoms. The monoisotopic (exact) mass is 651 g/mol. The fourth-order valence-electron chi connectivity index (χ4n) is 7.19. The van der Waals surface area contributed by atoms with Gasteiger partial charge in [0.1, 0.15) is 11.5 Å². The van der Waals surface area contributed by atoms with Crippen LogP contribution in [0.4, 0.5) is 0 Å². The van der Waals surface area contributed by atoms with Gasteiger partial charge in [-0.1, -0.05) is 140 Å². The van der Waals surface area contributed by atoms with Gasteiger partial charge in [0.05, 0.1) is 0 Å². The van der Waals surface area contributed by atoms with E-state index >= 15 is 0 Å². The van der Waals surface area contributed by atoms with Crippen LogP contribution in [0.1, 0.15) is 0 Å². The summed E-state index contributed by atoms with van der Waals surface area (Å²) >= 11 is 0. The molecular formula is C47H29N3O. The minimum absolute atomic E-state index is 0.619. The Bertz CT molecular complexity index is 2780. The highest BCUT2D eigenvalue weighted by atomic mass is 16.5. The molecule has 1 aliphatic heterocycles. The number of nitrogens with zero attached hydrogens (tertiary/aromatic N) is 3. The zero-order valence-corrected chi connectivity index (χ0v) is 27.5. The lowest BCUT2D eigenvalue weighted by atomic mass is 9.90. The number of aromatic nitrogens is 3. The van der Waals surface area contributed by atoms with Crippen molar-refractivity contribution in [1.82, 2.24) is 15.0 Å². The third kappa shape index (κ3) is 5.13. The topological polar surface area (TPSA) is 47.9 Å². The Kier molecular flexibility index (Phi) is 6.78. The minimum atomic E-state index is 0.619. The largest absolute Gasteiger partial charge is 0.456 e. The van der Waals surface area contributed by atoms with E-state index in [-0.39, 0.29) is 0 Å². The van der Waals surface area contributed by atoms with E-state index in [1.807, 2.05) is 42.5 Å². The second-order valence-electron chi connectivity index (χ2n) is 12.8. The van der Waals surface area contributed by atoms with Crippen molar-refractivity contribution in [1.29, 1.82) is 0 Å². The van der Waals surface area contributed by atoms with Crippen LogP contribution in [0, 0.1) is 0 Å². The summed E-state index contributed by atoms with van der Waals surface area (Å²) < 4.78 is 6.60. The van der Waals surface area contributed by atoms with Gasteiger partial charge in [-0.2, -0.15) is 0 Å². The van der Waals surface area contributed by atoms with Crippen LogP contribution in [0.3, 0.4) is 0 Å². The lowest BCUT2D eigenvalue weighted by Crippen LogP contribution is -2.02. The van der Waals surface area contributed by atoms with Crippen molar-refractivity contribution in [2.75, 3.05) is 0 Å². The maximum Gasteiger partial charge on any atom is 0.164 e. The molecule has 0 amide bonds. The standard InChI is InChI=1S/C47H29N3O/c1-3-11-30(12-4-1)34-17-9-18-35(27-34)36-23-25-42-41(29-36)39-20-10-19-38-40(24-26-43(51-42)44(38)39)47-49-45(32-14-5-2-6-15-32)48-46(50-47)37-22-21-31-13-7-8-16-33(31)28-37/h1-29H. The molecule has 4 nitrogen and oxygen atoms in total. The van der Waals surface area contributed by atoms with E-state index < -0.39 is 0 Å². The van der Waals surface area contributed by atoms with Crippen molar-refractivity contribution in [3.8, 4) is 79.0 Å². The highest BCUT2D eigenvalue weighted by Gasteiger charge is 2.24. The molecule has 0 N–H and O–H groups in total. The van der Waals surface area contributed by atoms with Crippen LogP contribution in [0.5, 0.6) is 11.5 Å². The van der Waals surface area contributed by atoms with Crippen LogP contribution in [-0.2, 0) is 0 Å². The second kappa shape index (κ2) is 11.9. The summed E-state index contributed by atoms with van der Waals surface area (Å²) in [6.07, 6.45) is 0. The molecule has 238 valence electrons. The maximum atomic E-state index is 6.60. The summed E-state index contributed by atoms with van der Waals surface area (Å²) in [7, 11) is 0. The Hall–Kier alpha value is -6.91. The lowest BCUT2D eigenvalue weighted by Gasteiger charge is -2.23. The first-order valence-electron chi connectivity index (χ1n) is 17.1. The van der Waals surface area contributed by atoms with E-state index in [0.717, 1.165) is 66.6 Å². The normalized spacial score (nSPS) is 11.7. The van der Waals surface area contributed by atoms with Gasteiger partial charge < -0.3 is 4.74 Å². The predicted molar refractivity (Wildman–Crippen MR) is 208 cm³/mol. The molecule has 0 saturated heterocycles. The molecule has 9 aromatic rings. The van der Waals surface area contributed by atoms with Gasteiger partial charge in [0.25, 0.3) is 0 Å². The first kappa shape index (κ1) is 29.0. The van der Waals surface area contributed by atoms with Crippen LogP contribution >= 0.6 is 0 Å². The molecule has 8 aromatic carbocycles. The smallest absolute Gasteiger partial charge is 0.164 e. The molecule has 0 radical (unpaired) electrons. The molecule has 0 bridgehead atoms. The molecule has 0 aliphatic carbocycles. The lowest BCUT2D eigenvalue weighted by molar-refractivity contribution is 0.487. The van der Waals surface area contributed by atoms with Gasteiger partial charge in [-0.3, -0.25) is 0 Å². The van der Waals surface area contributed by atoms with E-state index in [4.69, 9.17) is 19.7 Å². The van der Waals surface area contributed by atoms with E-state index in [0.29, 0.717) is 17.5 Å². The molecule has 0 unspecified atom stereocenters. The van der Waals surface area contributed by atoms with E-state index in [9.17, 15) is 0 Å². The summed E-state index contributed by atoms with van der Waals surface area (Å²) in [5.41, 5.74) is 9.67. The third-order valence-electron chi connectivity index (χ3n) is 9.71. The maximum absolute atomic E-state index is 6.60. The molecule has 0 saturated carbocycles. The molecule has 2 heterocycles. The van der Waals surface area contributed by atoms with Gasteiger partial charge in [-0.25, -0.2) is 15.0 Å². The number of fused-ring (bicyclic) bond motifs is 3. The van der Waals surface area contributed by atoms with Gasteiger partial charge in [-0.15, -0.1) is 0 Å². The summed E-state index contributed by atoms with van der Waals surface area (Å²) in [4.78, 5) is 15.2. The number of ether oxygens (including phenoxy) is 1. The number of hydrogen-bond acceptors (Lipinski definition) is 4. The molecule has 0 fully saturated rings. The van der Waals surface area contributed by atoms with Crippen molar-refractivity contribution in [2.45, 2.75) is 0 Å². The molecule has 10 rings (SSSR count). The summed E-state index contributed by atoms with van der Waals surface area (Å²) in [5.74, 6) is 3.55. The van der Waals surface area contributed by atoms with E-state index in [1.165, 1.54) is 16.5 Å². The molecular weight excluding hydrogens is 623 g/mol. The van der Waals surface area contributed by atoms with Crippen molar-refractivity contribution in [2.24, 2.45) is 0 Å². The predicted octanol–water partition coefficient (Wildman–Crippen LogP) is 12.3. The quantitative estimate of drug-likeness (QED) is 0.186. The van der Waals surface area contributed by atoms with Crippen molar-refractivity contribution < 1.29 is 4.74 Å². The molecule has 1 aliphatic rings. The fourth-order valence-corrected chi connectivity index (χ4v) is 7.19. The first-order chi connectivity index (χ1) is 25.2. The van der Waals surface area contributed by atoms with E-state index in [2.05, 4.69) is 133 Å². The van der Waals surface area contributed by atoms with Crippen molar-refractivity contribution >= 4 is 21.5 Å². The Labute approximate surface area is 295 Å². The first-order valence-corrected chi connectivity index (χ1v) is 17.1. The third-order valence-corrected chi connectivity index (χ3v) is 9.71. The Morgan fingerprint density at radius 2 is 0.922 bits per heavy atom. The zero-order valence-electron chi connectivity index (χ0n) is 27.5. The van der Waals surface area contributed by atoms with Gasteiger partial charge >= 0.3 is 0 Å². The minimum Gasteiger partial charge on any atom is -0.456 e. The fraction of sp³-hybridized carbons (Fsp3) is 0. The van der Waals surface area contributed by atoms with Crippen molar-refractivity contribution in [3.63, 3.8) is 0 Å². The van der Waals surface area contributed by atoms with Crippen LogP contribution in [0.25, 0.3) is 89.1 Å². The highest BCUT2D eigenvalue weighted by molar-refractivity contribution is 6.09. The number of rotatable bonds is 5. The Morgan fingerprint density at radius 3 is 1.75 bits per heavy atom. The Balaban J connectivity index is 1.12.